The van der Waals surface area contributed by atoms with Crippen molar-refractivity contribution < 1.29 is 0 Å². The number of fused-ring (bicyclic) bond motifs is 1. The molecule has 3 rings (SSSR count). The number of nitrogens with one attached hydrogen (secondary N) is 1. The molecule has 1 N–H and O–H groups in total. The molecule has 0 atom stereocenters. The lowest BCUT2D eigenvalue weighted by molar-refractivity contribution is 0.282. The van der Waals surface area contributed by atoms with Gasteiger partial charge in [0, 0.05) is 19.1 Å². The topological polar surface area (TPSA) is 15.3 Å². The van der Waals surface area contributed by atoms with Gasteiger partial charge in [-0.3, -0.25) is 0 Å². The summed E-state index contributed by atoms with van der Waals surface area (Å²) >= 11 is 0. The molecular weight excluding hydrogens is 220 g/mol. The molecule has 0 aromatic heterocycles. The molecule has 0 unspecified atom stereocenters. The third kappa shape index (κ3) is 3.33. The molecule has 1 aromatic rings. The van der Waals surface area contributed by atoms with Gasteiger partial charge in [0.05, 0.1) is 0 Å². The van der Waals surface area contributed by atoms with Crippen LogP contribution in [-0.4, -0.2) is 37.1 Å². The maximum absolute atomic E-state index is 3.60. The second-order valence-electron chi connectivity index (χ2n) is 5.69. The van der Waals surface area contributed by atoms with Gasteiger partial charge in [0.25, 0.3) is 0 Å². The van der Waals surface area contributed by atoms with E-state index in [-0.39, 0.29) is 0 Å². The van der Waals surface area contributed by atoms with Gasteiger partial charge in [-0.2, -0.15) is 0 Å². The van der Waals surface area contributed by atoms with Crippen LogP contribution in [0, 0.1) is 0 Å². The summed E-state index contributed by atoms with van der Waals surface area (Å²) < 4.78 is 0. The SMILES string of the molecule is c1ccc2c(c1)CCN(CCCNC1CC1)CC2. The Hall–Kier alpha value is -0.860. The Labute approximate surface area is 110 Å². The van der Waals surface area contributed by atoms with Crippen molar-refractivity contribution in [3.63, 3.8) is 0 Å². The number of hydrogen-bond donors (Lipinski definition) is 1. The summed E-state index contributed by atoms with van der Waals surface area (Å²) in [5, 5.41) is 3.60. The van der Waals surface area contributed by atoms with E-state index in [1.807, 2.05) is 0 Å². The number of hydrogen-bond acceptors (Lipinski definition) is 2. The van der Waals surface area contributed by atoms with E-state index in [1.54, 1.807) is 11.1 Å². The third-order valence-corrected chi connectivity index (χ3v) is 4.17. The minimum Gasteiger partial charge on any atom is -0.314 e. The molecule has 1 saturated carbocycles. The number of nitrogens with zero attached hydrogens (tertiary/aromatic N) is 1. The molecule has 0 spiro atoms. The highest BCUT2D eigenvalue weighted by Crippen LogP contribution is 2.18. The van der Waals surface area contributed by atoms with E-state index < -0.39 is 0 Å². The molecule has 0 radical (unpaired) electrons. The molecule has 2 aliphatic rings. The van der Waals surface area contributed by atoms with Gasteiger partial charge in [-0.25, -0.2) is 0 Å². The normalized spacial score (nSPS) is 20.4. The van der Waals surface area contributed by atoms with Gasteiger partial charge >= 0.3 is 0 Å². The Morgan fingerprint density at radius 3 is 2.33 bits per heavy atom. The first-order chi connectivity index (χ1) is 8.92. The van der Waals surface area contributed by atoms with Crippen molar-refractivity contribution in [2.75, 3.05) is 26.2 Å². The fourth-order valence-corrected chi connectivity index (χ4v) is 2.83. The van der Waals surface area contributed by atoms with Crippen molar-refractivity contribution in [1.82, 2.24) is 10.2 Å². The Morgan fingerprint density at radius 2 is 1.72 bits per heavy atom. The summed E-state index contributed by atoms with van der Waals surface area (Å²) in [6.07, 6.45) is 6.56. The molecule has 1 heterocycles. The largest absolute Gasteiger partial charge is 0.314 e. The van der Waals surface area contributed by atoms with Crippen LogP contribution in [-0.2, 0) is 12.8 Å². The van der Waals surface area contributed by atoms with E-state index >= 15 is 0 Å². The van der Waals surface area contributed by atoms with Crippen LogP contribution in [0.5, 0.6) is 0 Å². The Balaban J connectivity index is 1.42. The molecule has 0 amide bonds. The first-order valence-electron chi connectivity index (χ1n) is 7.44. The third-order valence-electron chi connectivity index (χ3n) is 4.17. The van der Waals surface area contributed by atoms with Crippen molar-refractivity contribution in [3.8, 4) is 0 Å². The van der Waals surface area contributed by atoms with Crippen LogP contribution in [0.3, 0.4) is 0 Å². The van der Waals surface area contributed by atoms with Gasteiger partial charge in [-0.1, -0.05) is 24.3 Å². The summed E-state index contributed by atoms with van der Waals surface area (Å²) in [4.78, 5) is 2.63. The van der Waals surface area contributed by atoms with E-state index in [0.717, 1.165) is 6.04 Å². The van der Waals surface area contributed by atoms with Gasteiger partial charge in [-0.15, -0.1) is 0 Å². The molecular formula is C16H24N2. The fraction of sp³-hybridized carbons (Fsp3) is 0.625. The van der Waals surface area contributed by atoms with Crippen LogP contribution in [0.2, 0.25) is 0 Å². The standard InChI is InChI=1S/C16H24N2/c1-2-5-15-9-13-18(12-8-14(15)4-1)11-3-10-17-16-6-7-16/h1-2,4-5,16-17H,3,6-13H2. The molecule has 2 heteroatoms. The molecule has 0 bridgehead atoms. The average molecular weight is 244 g/mol. The summed E-state index contributed by atoms with van der Waals surface area (Å²) in [5.74, 6) is 0. The van der Waals surface area contributed by atoms with Gasteiger partial charge in [0.2, 0.25) is 0 Å². The highest BCUT2D eigenvalue weighted by molar-refractivity contribution is 5.28. The highest BCUT2D eigenvalue weighted by atomic mass is 15.1. The molecule has 98 valence electrons. The number of benzene rings is 1. The molecule has 1 aliphatic carbocycles. The van der Waals surface area contributed by atoms with Crippen LogP contribution < -0.4 is 5.32 Å². The van der Waals surface area contributed by atoms with Gasteiger partial charge in [-0.05, 0) is 56.3 Å². The zero-order valence-electron chi connectivity index (χ0n) is 11.2. The van der Waals surface area contributed by atoms with Gasteiger partial charge < -0.3 is 10.2 Å². The minimum atomic E-state index is 0.860. The molecule has 2 nitrogen and oxygen atoms in total. The van der Waals surface area contributed by atoms with Crippen LogP contribution in [0.25, 0.3) is 0 Å². The van der Waals surface area contributed by atoms with E-state index in [4.69, 9.17) is 0 Å². The molecule has 1 fully saturated rings. The zero-order chi connectivity index (χ0) is 12.2. The fourth-order valence-electron chi connectivity index (χ4n) is 2.83. The second-order valence-corrected chi connectivity index (χ2v) is 5.69. The monoisotopic (exact) mass is 244 g/mol. The van der Waals surface area contributed by atoms with Crippen LogP contribution in [0.15, 0.2) is 24.3 Å². The van der Waals surface area contributed by atoms with Crippen LogP contribution in [0.1, 0.15) is 30.4 Å². The Kier molecular flexibility index (Phi) is 3.96. The van der Waals surface area contributed by atoms with Gasteiger partial charge in [0.1, 0.15) is 0 Å². The number of rotatable bonds is 5. The second kappa shape index (κ2) is 5.85. The molecule has 1 aliphatic heterocycles. The zero-order valence-corrected chi connectivity index (χ0v) is 11.2. The average Bonchev–Trinajstić information content (AvgIpc) is 3.22. The maximum Gasteiger partial charge on any atom is 0.00682 e. The highest BCUT2D eigenvalue weighted by Gasteiger charge is 2.19. The van der Waals surface area contributed by atoms with Crippen molar-refractivity contribution in [1.29, 1.82) is 0 Å². The lowest BCUT2D eigenvalue weighted by Crippen LogP contribution is -2.30. The summed E-state index contributed by atoms with van der Waals surface area (Å²) in [5.41, 5.74) is 3.13. The molecule has 18 heavy (non-hydrogen) atoms. The predicted molar refractivity (Wildman–Crippen MR) is 75.9 cm³/mol. The lowest BCUT2D eigenvalue weighted by atomic mass is 10.0. The predicted octanol–water partition coefficient (Wildman–Crippen LogP) is 2.23. The van der Waals surface area contributed by atoms with Crippen molar-refractivity contribution >= 4 is 0 Å². The van der Waals surface area contributed by atoms with Crippen LogP contribution >= 0.6 is 0 Å². The summed E-state index contributed by atoms with van der Waals surface area (Å²) in [6, 6.07) is 9.81. The van der Waals surface area contributed by atoms with E-state index in [1.165, 1.54) is 58.3 Å². The van der Waals surface area contributed by atoms with Crippen molar-refractivity contribution in [3.05, 3.63) is 35.4 Å². The lowest BCUT2D eigenvalue weighted by Gasteiger charge is -2.19. The first kappa shape index (κ1) is 12.2. The Bertz CT molecular complexity index is 357. The Morgan fingerprint density at radius 1 is 1.06 bits per heavy atom. The van der Waals surface area contributed by atoms with E-state index in [2.05, 4.69) is 34.5 Å². The maximum atomic E-state index is 3.60. The van der Waals surface area contributed by atoms with Crippen LogP contribution in [0.4, 0.5) is 0 Å². The minimum absolute atomic E-state index is 0.860. The van der Waals surface area contributed by atoms with Crippen molar-refractivity contribution in [2.24, 2.45) is 0 Å². The summed E-state index contributed by atoms with van der Waals surface area (Å²) in [6.45, 7) is 4.93. The van der Waals surface area contributed by atoms with E-state index in [9.17, 15) is 0 Å². The molecule has 0 saturated heterocycles. The van der Waals surface area contributed by atoms with Gasteiger partial charge in [0.15, 0.2) is 0 Å². The quantitative estimate of drug-likeness (QED) is 0.799. The smallest absolute Gasteiger partial charge is 0.00682 e. The van der Waals surface area contributed by atoms with Crippen molar-refractivity contribution in [2.45, 2.75) is 38.1 Å². The van der Waals surface area contributed by atoms with E-state index in [0.29, 0.717) is 0 Å². The molecule has 1 aromatic carbocycles. The first-order valence-corrected chi connectivity index (χ1v) is 7.44. The summed E-state index contributed by atoms with van der Waals surface area (Å²) in [7, 11) is 0.